The molecule has 7 nitrogen and oxygen atoms in total. The quantitative estimate of drug-likeness (QED) is 0.568. The van der Waals surface area contributed by atoms with E-state index in [1.165, 1.54) is 4.31 Å². The molecular weight excluding hydrogens is 400 g/mol. The number of carbonyl (C=O) groups excluding carboxylic acids is 1. The summed E-state index contributed by atoms with van der Waals surface area (Å²) >= 11 is 0. The van der Waals surface area contributed by atoms with Crippen LogP contribution in [0.5, 0.6) is 0 Å². The van der Waals surface area contributed by atoms with Crippen LogP contribution < -0.4 is 5.32 Å². The first-order valence-corrected chi connectivity index (χ1v) is 11.8. The lowest BCUT2D eigenvalue weighted by atomic mass is 10.0. The number of hydrogen-bond acceptors (Lipinski definition) is 4. The van der Waals surface area contributed by atoms with Gasteiger partial charge < -0.3 is 10.3 Å². The zero-order valence-electron chi connectivity index (χ0n) is 16.8. The van der Waals surface area contributed by atoms with Crippen molar-refractivity contribution in [3.8, 4) is 0 Å². The number of para-hydroxylation sites is 2. The minimum Gasteiger partial charge on any atom is -0.355 e. The number of rotatable bonds is 7. The maximum Gasteiger partial charge on any atom is 0.243 e. The lowest BCUT2D eigenvalue weighted by Crippen LogP contribution is -2.51. The van der Waals surface area contributed by atoms with Crippen molar-refractivity contribution in [1.82, 2.24) is 19.6 Å². The predicted molar refractivity (Wildman–Crippen MR) is 115 cm³/mol. The molecule has 0 spiro atoms. The van der Waals surface area contributed by atoms with Gasteiger partial charge in [0.05, 0.1) is 15.9 Å². The monoisotopic (exact) mass is 426 g/mol. The summed E-state index contributed by atoms with van der Waals surface area (Å²) in [5.41, 5.74) is 1.93. The highest BCUT2D eigenvalue weighted by Crippen LogP contribution is 2.25. The van der Waals surface area contributed by atoms with E-state index in [2.05, 4.69) is 15.3 Å². The number of H-pyrrole nitrogens is 1. The first-order chi connectivity index (χ1) is 14.6. The van der Waals surface area contributed by atoms with Gasteiger partial charge in [-0.05, 0) is 43.5 Å². The first-order valence-electron chi connectivity index (χ1n) is 10.3. The Morgan fingerprint density at radius 2 is 1.87 bits per heavy atom. The second kappa shape index (κ2) is 8.97. The number of aromatic amines is 1. The van der Waals surface area contributed by atoms with Crippen LogP contribution in [0.25, 0.3) is 11.0 Å². The second-order valence-corrected chi connectivity index (χ2v) is 9.43. The van der Waals surface area contributed by atoms with E-state index in [1.807, 2.05) is 24.3 Å². The number of fused-ring (bicyclic) bond motifs is 1. The number of benzene rings is 2. The van der Waals surface area contributed by atoms with E-state index in [0.29, 0.717) is 25.9 Å². The van der Waals surface area contributed by atoms with Gasteiger partial charge in [0.25, 0.3) is 0 Å². The number of aromatic nitrogens is 2. The summed E-state index contributed by atoms with van der Waals surface area (Å²) in [6.45, 7) is 0.847. The molecule has 2 heterocycles. The van der Waals surface area contributed by atoms with Gasteiger partial charge in [0.1, 0.15) is 11.9 Å². The molecule has 8 heteroatoms. The number of carbonyl (C=O) groups is 1. The van der Waals surface area contributed by atoms with Crippen LogP contribution in [0.2, 0.25) is 0 Å². The molecule has 0 radical (unpaired) electrons. The highest BCUT2D eigenvalue weighted by atomic mass is 32.2. The average Bonchev–Trinajstić information content (AvgIpc) is 3.20. The Balaban J connectivity index is 1.35. The first kappa shape index (κ1) is 20.6. The zero-order chi connectivity index (χ0) is 21.0. The van der Waals surface area contributed by atoms with Gasteiger partial charge in [-0.15, -0.1) is 0 Å². The number of amides is 1. The smallest absolute Gasteiger partial charge is 0.243 e. The lowest BCUT2D eigenvalue weighted by molar-refractivity contribution is -0.125. The predicted octanol–water partition coefficient (Wildman–Crippen LogP) is 2.86. The maximum atomic E-state index is 13.0. The average molecular weight is 427 g/mol. The Hall–Kier alpha value is -2.71. The van der Waals surface area contributed by atoms with Crippen LogP contribution in [0.3, 0.4) is 0 Å². The molecule has 1 amide bonds. The zero-order valence-corrected chi connectivity index (χ0v) is 17.6. The molecule has 0 saturated carbocycles. The van der Waals surface area contributed by atoms with Crippen LogP contribution in [-0.4, -0.2) is 47.7 Å². The molecule has 1 atom stereocenters. The lowest BCUT2D eigenvalue weighted by Gasteiger charge is -2.33. The highest BCUT2D eigenvalue weighted by Gasteiger charge is 2.37. The number of aryl methyl sites for hydroxylation is 1. The van der Waals surface area contributed by atoms with Crippen molar-refractivity contribution >= 4 is 27.0 Å². The largest absolute Gasteiger partial charge is 0.355 e. The summed E-state index contributed by atoms with van der Waals surface area (Å²) in [5.74, 6) is 0.662. The fourth-order valence-electron chi connectivity index (χ4n) is 3.89. The van der Waals surface area contributed by atoms with Crippen molar-refractivity contribution < 1.29 is 13.2 Å². The van der Waals surface area contributed by atoms with Crippen LogP contribution in [0, 0.1) is 0 Å². The fourth-order valence-corrected chi connectivity index (χ4v) is 5.57. The molecule has 158 valence electrons. The number of piperidine rings is 1. The minimum absolute atomic E-state index is 0.223. The molecule has 1 unspecified atom stereocenters. The van der Waals surface area contributed by atoms with E-state index in [1.54, 1.807) is 30.3 Å². The standard InChI is InChI=1S/C22H26N4O3S/c27-22(23-15-8-14-21-24-18-11-4-5-12-19(18)25-21)20-13-6-7-16-26(20)30(28,29)17-9-2-1-3-10-17/h1-5,9-12,20H,6-8,13-16H2,(H,23,27)(H,24,25). The number of imidazole rings is 1. The summed E-state index contributed by atoms with van der Waals surface area (Å²) in [5, 5.41) is 2.92. The molecule has 30 heavy (non-hydrogen) atoms. The van der Waals surface area contributed by atoms with Gasteiger partial charge in [-0.25, -0.2) is 13.4 Å². The van der Waals surface area contributed by atoms with E-state index >= 15 is 0 Å². The van der Waals surface area contributed by atoms with Crippen LogP contribution in [0.1, 0.15) is 31.5 Å². The van der Waals surface area contributed by atoms with Gasteiger partial charge in [0.2, 0.25) is 15.9 Å². The van der Waals surface area contributed by atoms with Crippen molar-refractivity contribution in [1.29, 1.82) is 0 Å². The number of sulfonamides is 1. The van der Waals surface area contributed by atoms with Gasteiger partial charge >= 0.3 is 0 Å². The molecule has 3 aromatic rings. The summed E-state index contributed by atoms with van der Waals surface area (Å²) in [6.07, 6.45) is 3.59. The van der Waals surface area contributed by atoms with Crippen LogP contribution in [0.15, 0.2) is 59.5 Å². The molecule has 1 fully saturated rings. The Morgan fingerprint density at radius 1 is 1.10 bits per heavy atom. The van der Waals surface area contributed by atoms with Gasteiger partial charge in [0, 0.05) is 19.5 Å². The molecule has 1 aliphatic rings. The van der Waals surface area contributed by atoms with E-state index < -0.39 is 16.1 Å². The molecule has 1 saturated heterocycles. The molecule has 2 N–H and O–H groups in total. The number of nitrogens with one attached hydrogen (secondary N) is 2. The topological polar surface area (TPSA) is 95.2 Å². The van der Waals surface area contributed by atoms with Crippen LogP contribution in [-0.2, 0) is 21.2 Å². The molecule has 2 aromatic carbocycles. The highest BCUT2D eigenvalue weighted by molar-refractivity contribution is 7.89. The Labute approximate surface area is 176 Å². The summed E-state index contributed by atoms with van der Waals surface area (Å²) in [6, 6.07) is 15.5. The van der Waals surface area contributed by atoms with E-state index in [-0.39, 0.29) is 10.8 Å². The molecule has 4 rings (SSSR count). The van der Waals surface area contributed by atoms with Crippen molar-refractivity contribution in [3.63, 3.8) is 0 Å². The van der Waals surface area contributed by atoms with Crippen LogP contribution in [0.4, 0.5) is 0 Å². The third kappa shape index (κ3) is 4.39. The Kier molecular flexibility index (Phi) is 6.15. The fraction of sp³-hybridized carbons (Fsp3) is 0.364. The van der Waals surface area contributed by atoms with Gasteiger partial charge in [-0.1, -0.05) is 36.8 Å². The summed E-state index contributed by atoms with van der Waals surface area (Å²) in [4.78, 5) is 20.9. The third-order valence-electron chi connectivity index (χ3n) is 5.43. The number of nitrogens with zero attached hydrogens (tertiary/aromatic N) is 2. The van der Waals surface area contributed by atoms with Crippen LogP contribution >= 0.6 is 0 Å². The normalized spacial score (nSPS) is 17.8. The number of hydrogen-bond donors (Lipinski definition) is 2. The molecule has 0 aliphatic carbocycles. The van der Waals surface area contributed by atoms with Crippen molar-refractivity contribution in [2.75, 3.05) is 13.1 Å². The molecule has 1 aliphatic heterocycles. The summed E-state index contributed by atoms with van der Waals surface area (Å²) in [7, 11) is -3.69. The van der Waals surface area contributed by atoms with E-state index in [9.17, 15) is 13.2 Å². The van der Waals surface area contributed by atoms with E-state index in [4.69, 9.17) is 0 Å². The maximum absolute atomic E-state index is 13.0. The van der Waals surface area contributed by atoms with Gasteiger partial charge in [-0.2, -0.15) is 4.31 Å². The second-order valence-electron chi connectivity index (χ2n) is 7.54. The summed E-state index contributed by atoms with van der Waals surface area (Å²) < 4.78 is 27.4. The van der Waals surface area contributed by atoms with Gasteiger partial charge in [-0.3, -0.25) is 4.79 Å². The van der Waals surface area contributed by atoms with E-state index in [0.717, 1.165) is 36.1 Å². The molecule has 1 aromatic heterocycles. The Bertz CT molecular complexity index is 1080. The Morgan fingerprint density at radius 3 is 2.67 bits per heavy atom. The minimum atomic E-state index is -3.69. The molecule has 0 bridgehead atoms. The van der Waals surface area contributed by atoms with Gasteiger partial charge in [0.15, 0.2) is 0 Å². The molecular formula is C22H26N4O3S. The SMILES string of the molecule is O=C(NCCCc1nc2ccccc2[nH]1)C1CCCCN1S(=O)(=O)c1ccccc1. The third-order valence-corrected chi connectivity index (χ3v) is 7.36. The van der Waals surface area contributed by atoms with Crippen molar-refractivity contribution in [2.45, 2.75) is 43.0 Å². The van der Waals surface area contributed by atoms with Crippen molar-refractivity contribution in [2.24, 2.45) is 0 Å². The van der Waals surface area contributed by atoms with Crippen molar-refractivity contribution in [3.05, 3.63) is 60.4 Å².